The Kier molecular flexibility index (Phi) is 6.57. The summed E-state index contributed by atoms with van der Waals surface area (Å²) >= 11 is 0. The summed E-state index contributed by atoms with van der Waals surface area (Å²) in [4.78, 5) is 15.9. The van der Waals surface area contributed by atoms with Gasteiger partial charge in [0.05, 0.1) is 18.5 Å². The maximum atomic E-state index is 13.4. The Morgan fingerprint density at radius 3 is 2.34 bits per heavy atom. The normalized spacial score (nSPS) is 18.7. The van der Waals surface area contributed by atoms with Crippen molar-refractivity contribution in [3.8, 4) is 0 Å². The van der Waals surface area contributed by atoms with Gasteiger partial charge < -0.3 is 4.90 Å². The van der Waals surface area contributed by atoms with Gasteiger partial charge in [0.2, 0.25) is 5.91 Å². The zero-order valence-corrected chi connectivity index (χ0v) is 16.2. The van der Waals surface area contributed by atoms with Crippen LogP contribution in [0.5, 0.6) is 0 Å². The van der Waals surface area contributed by atoms with Gasteiger partial charge in [0.25, 0.3) is 0 Å². The number of hydrogen-bond acceptors (Lipinski definition) is 2. The molecular weight excluding hydrogens is 384 g/mol. The van der Waals surface area contributed by atoms with Crippen LogP contribution in [0.3, 0.4) is 0 Å². The Balaban J connectivity index is 1.77. The average molecular weight is 408 g/mol. The second-order valence-electron chi connectivity index (χ2n) is 7.50. The van der Waals surface area contributed by atoms with E-state index in [4.69, 9.17) is 0 Å². The first-order valence-electron chi connectivity index (χ1n) is 9.61. The molecule has 0 aliphatic carbocycles. The molecule has 2 unspecified atom stereocenters. The van der Waals surface area contributed by atoms with Crippen LogP contribution in [0.25, 0.3) is 0 Å². The SMILES string of the molecule is CN(CC(=O)N1CCCC(C(F)(F)F)C1)C(c1ccccc1)c1ccc(F)cc1. The van der Waals surface area contributed by atoms with Gasteiger partial charge >= 0.3 is 6.18 Å². The van der Waals surface area contributed by atoms with E-state index in [2.05, 4.69) is 0 Å². The zero-order chi connectivity index (χ0) is 21.0. The van der Waals surface area contributed by atoms with E-state index in [0.29, 0.717) is 13.0 Å². The second kappa shape index (κ2) is 8.95. The van der Waals surface area contributed by atoms with E-state index in [-0.39, 0.29) is 37.3 Å². The predicted octanol–water partition coefficient (Wildman–Crippen LogP) is 4.65. The first kappa shape index (κ1) is 21.3. The van der Waals surface area contributed by atoms with E-state index < -0.39 is 12.1 Å². The topological polar surface area (TPSA) is 23.6 Å². The Morgan fingerprint density at radius 2 is 1.72 bits per heavy atom. The number of benzene rings is 2. The van der Waals surface area contributed by atoms with Crippen LogP contribution < -0.4 is 0 Å². The summed E-state index contributed by atoms with van der Waals surface area (Å²) in [5, 5.41) is 0. The minimum Gasteiger partial charge on any atom is -0.341 e. The number of hydrogen-bond donors (Lipinski definition) is 0. The smallest absolute Gasteiger partial charge is 0.341 e. The molecule has 1 aliphatic rings. The maximum Gasteiger partial charge on any atom is 0.393 e. The third-order valence-corrected chi connectivity index (χ3v) is 5.36. The molecule has 3 rings (SSSR count). The molecule has 0 aromatic heterocycles. The summed E-state index contributed by atoms with van der Waals surface area (Å²) in [5.74, 6) is -2.15. The average Bonchev–Trinajstić information content (AvgIpc) is 2.70. The summed E-state index contributed by atoms with van der Waals surface area (Å²) in [6, 6.07) is 15.2. The third-order valence-electron chi connectivity index (χ3n) is 5.36. The van der Waals surface area contributed by atoms with Crippen LogP contribution in [0, 0.1) is 11.7 Å². The fourth-order valence-electron chi connectivity index (χ4n) is 3.86. The van der Waals surface area contributed by atoms with Gasteiger partial charge in [0.1, 0.15) is 5.82 Å². The fourth-order valence-corrected chi connectivity index (χ4v) is 3.86. The van der Waals surface area contributed by atoms with Gasteiger partial charge in [-0.15, -0.1) is 0 Å². The number of amides is 1. The fraction of sp³-hybridized carbons (Fsp3) is 0.409. The molecule has 2 aromatic carbocycles. The van der Waals surface area contributed by atoms with Crippen molar-refractivity contribution in [3.05, 3.63) is 71.5 Å². The number of carbonyl (C=O) groups excluding carboxylic acids is 1. The largest absolute Gasteiger partial charge is 0.393 e. The van der Waals surface area contributed by atoms with E-state index in [0.717, 1.165) is 11.1 Å². The van der Waals surface area contributed by atoms with Crippen molar-refractivity contribution in [1.82, 2.24) is 9.80 Å². The summed E-state index contributed by atoms with van der Waals surface area (Å²) in [6.45, 7) is 0.0239. The molecule has 29 heavy (non-hydrogen) atoms. The standard InChI is InChI=1S/C22H24F4N2O/c1-27(15-20(29)28-13-5-8-18(14-28)22(24,25)26)21(16-6-3-2-4-7-16)17-9-11-19(23)12-10-17/h2-4,6-7,9-12,18,21H,5,8,13-15H2,1H3. The van der Waals surface area contributed by atoms with Crippen LogP contribution in [0.15, 0.2) is 54.6 Å². The molecule has 7 heteroatoms. The number of likely N-dealkylation sites (N-methyl/N-ethyl adjacent to an activating group) is 1. The van der Waals surface area contributed by atoms with Crippen LogP contribution in [0.4, 0.5) is 17.6 Å². The lowest BCUT2D eigenvalue weighted by molar-refractivity contribution is -0.188. The Labute approximate surface area is 167 Å². The molecule has 0 spiro atoms. The van der Waals surface area contributed by atoms with Crippen LogP contribution >= 0.6 is 0 Å². The van der Waals surface area contributed by atoms with Crippen LogP contribution in [-0.2, 0) is 4.79 Å². The lowest BCUT2D eigenvalue weighted by atomic mass is 9.96. The van der Waals surface area contributed by atoms with Crippen LogP contribution in [0.2, 0.25) is 0 Å². The van der Waals surface area contributed by atoms with Crippen molar-refractivity contribution in [2.75, 3.05) is 26.7 Å². The number of nitrogens with zero attached hydrogens (tertiary/aromatic N) is 2. The molecule has 3 nitrogen and oxygen atoms in total. The zero-order valence-electron chi connectivity index (χ0n) is 16.2. The van der Waals surface area contributed by atoms with Crippen molar-refractivity contribution >= 4 is 5.91 Å². The van der Waals surface area contributed by atoms with Crippen molar-refractivity contribution < 1.29 is 22.4 Å². The van der Waals surface area contributed by atoms with Crippen molar-refractivity contribution in [1.29, 1.82) is 0 Å². The molecule has 0 bridgehead atoms. The molecule has 1 fully saturated rings. The number of piperidine rings is 1. The first-order valence-corrected chi connectivity index (χ1v) is 9.61. The Hall–Kier alpha value is -2.41. The highest BCUT2D eigenvalue weighted by Gasteiger charge is 2.42. The van der Waals surface area contributed by atoms with E-state index >= 15 is 0 Å². The summed E-state index contributed by atoms with van der Waals surface area (Å²) < 4.78 is 52.6. The van der Waals surface area contributed by atoms with Gasteiger partial charge in [0, 0.05) is 13.1 Å². The summed E-state index contributed by atoms with van der Waals surface area (Å²) in [6.07, 6.45) is -3.88. The van der Waals surface area contributed by atoms with Crippen molar-refractivity contribution in [2.45, 2.75) is 25.1 Å². The lowest BCUT2D eigenvalue weighted by Crippen LogP contribution is -2.48. The minimum atomic E-state index is -4.29. The van der Waals surface area contributed by atoms with Gasteiger partial charge in [-0.25, -0.2) is 4.39 Å². The lowest BCUT2D eigenvalue weighted by Gasteiger charge is -2.36. The van der Waals surface area contributed by atoms with Crippen LogP contribution in [-0.4, -0.2) is 48.6 Å². The molecule has 1 heterocycles. The van der Waals surface area contributed by atoms with Gasteiger partial charge in [-0.1, -0.05) is 42.5 Å². The van der Waals surface area contributed by atoms with Gasteiger partial charge in [0.15, 0.2) is 0 Å². The van der Waals surface area contributed by atoms with E-state index in [1.807, 2.05) is 30.3 Å². The molecule has 156 valence electrons. The quantitative estimate of drug-likeness (QED) is 0.673. The highest BCUT2D eigenvalue weighted by atomic mass is 19.4. The highest BCUT2D eigenvalue weighted by Crippen LogP contribution is 2.33. The maximum absolute atomic E-state index is 13.4. The van der Waals surface area contributed by atoms with Crippen LogP contribution in [0.1, 0.15) is 30.0 Å². The monoisotopic (exact) mass is 408 g/mol. The molecule has 0 saturated carbocycles. The number of likely N-dealkylation sites (tertiary alicyclic amines) is 1. The minimum absolute atomic E-state index is 0.0263. The molecule has 2 atom stereocenters. The Morgan fingerprint density at radius 1 is 1.10 bits per heavy atom. The molecule has 0 N–H and O–H groups in total. The van der Waals surface area contributed by atoms with E-state index in [9.17, 15) is 22.4 Å². The first-order chi connectivity index (χ1) is 13.8. The molecule has 1 aliphatic heterocycles. The molecule has 0 radical (unpaired) electrons. The summed E-state index contributed by atoms with van der Waals surface area (Å²) in [5.41, 5.74) is 1.72. The number of halogens is 4. The van der Waals surface area contributed by atoms with E-state index in [1.165, 1.54) is 17.0 Å². The van der Waals surface area contributed by atoms with Gasteiger partial charge in [-0.05, 0) is 43.1 Å². The van der Waals surface area contributed by atoms with Gasteiger partial charge in [-0.3, -0.25) is 9.69 Å². The third kappa shape index (κ3) is 5.35. The van der Waals surface area contributed by atoms with Crippen molar-refractivity contribution in [2.24, 2.45) is 5.92 Å². The number of alkyl halides is 3. The highest BCUT2D eigenvalue weighted by molar-refractivity contribution is 5.78. The second-order valence-corrected chi connectivity index (χ2v) is 7.50. The van der Waals surface area contributed by atoms with Crippen molar-refractivity contribution in [3.63, 3.8) is 0 Å². The van der Waals surface area contributed by atoms with E-state index in [1.54, 1.807) is 24.1 Å². The summed E-state index contributed by atoms with van der Waals surface area (Å²) in [7, 11) is 1.75. The Bertz CT molecular complexity index is 808. The number of carbonyl (C=O) groups is 1. The molecular formula is C22H24F4N2O. The molecule has 1 saturated heterocycles. The molecule has 1 amide bonds. The number of rotatable bonds is 5. The predicted molar refractivity (Wildman–Crippen MR) is 103 cm³/mol. The molecule has 2 aromatic rings. The van der Waals surface area contributed by atoms with Gasteiger partial charge in [-0.2, -0.15) is 13.2 Å².